The summed E-state index contributed by atoms with van der Waals surface area (Å²) in [4.78, 5) is 13.9. The summed E-state index contributed by atoms with van der Waals surface area (Å²) in [5.74, 6) is 1.96. The van der Waals surface area contributed by atoms with Crippen molar-refractivity contribution in [1.29, 1.82) is 0 Å². The number of rotatable bonds is 3. The molecule has 1 unspecified atom stereocenters. The largest absolute Gasteiger partial charge is 0.454 e. The monoisotopic (exact) mass is 274 g/mol. The van der Waals surface area contributed by atoms with Gasteiger partial charge in [0.2, 0.25) is 12.7 Å². The highest BCUT2D eigenvalue weighted by Gasteiger charge is 2.23. The zero-order chi connectivity index (χ0) is 13.9. The molecule has 3 rings (SSSR count). The molecule has 0 saturated carbocycles. The first-order valence-electron chi connectivity index (χ1n) is 6.83. The number of nitrogens with zero attached hydrogens (tertiary/aromatic N) is 1. The van der Waals surface area contributed by atoms with Crippen molar-refractivity contribution in [3.05, 3.63) is 29.8 Å². The van der Waals surface area contributed by atoms with Crippen molar-refractivity contribution in [3.63, 3.8) is 0 Å². The van der Waals surface area contributed by atoms with E-state index in [0.717, 1.165) is 36.6 Å². The Hall–Kier alpha value is -2.01. The van der Waals surface area contributed by atoms with Crippen LogP contribution >= 0.6 is 0 Å². The maximum absolute atomic E-state index is 12.1. The number of likely N-dealkylation sites (tertiary alicyclic amines) is 1. The number of hydrogen-bond donors (Lipinski definition) is 1. The Morgan fingerprint density at radius 2 is 2.25 bits per heavy atom. The van der Waals surface area contributed by atoms with Crippen LogP contribution in [0.3, 0.4) is 0 Å². The van der Waals surface area contributed by atoms with E-state index in [1.807, 2.05) is 23.1 Å². The van der Waals surface area contributed by atoms with E-state index in [2.05, 4.69) is 0 Å². The van der Waals surface area contributed by atoms with Crippen LogP contribution in [0.5, 0.6) is 11.5 Å². The van der Waals surface area contributed by atoms with E-state index in [1.165, 1.54) is 0 Å². The van der Waals surface area contributed by atoms with E-state index < -0.39 is 0 Å². The maximum Gasteiger partial charge on any atom is 0.246 e. The number of benzene rings is 1. The molecule has 0 aliphatic carbocycles. The molecule has 2 N–H and O–H groups in total. The second-order valence-electron chi connectivity index (χ2n) is 5.12. The predicted octanol–water partition coefficient (Wildman–Crippen LogP) is 1.24. The highest BCUT2D eigenvalue weighted by Crippen LogP contribution is 2.32. The molecule has 2 heterocycles. The molecule has 2 aliphatic rings. The highest BCUT2D eigenvalue weighted by molar-refractivity contribution is 5.92. The minimum Gasteiger partial charge on any atom is -0.454 e. The average molecular weight is 274 g/mol. The Morgan fingerprint density at radius 3 is 3.05 bits per heavy atom. The minimum atomic E-state index is 0.0404. The molecule has 0 spiro atoms. The maximum atomic E-state index is 12.1. The fraction of sp³-hybridized carbons (Fsp3) is 0.400. The molecule has 1 amide bonds. The van der Waals surface area contributed by atoms with Crippen LogP contribution in [0.2, 0.25) is 0 Å². The Labute approximate surface area is 118 Å². The average Bonchev–Trinajstić information content (AvgIpc) is 3.12. The van der Waals surface area contributed by atoms with Gasteiger partial charge in [-0.1, -0.05) is 6.07 Å². The summed E-state index contributed by atoms with van der Waals surface area (Å²) >= 11 is 0. The van der Waals surface area contributed by atoms with Crippen LogP contribution in [0, 0.1) is 5.92 Å². The summed E-state index contributed by atoms with van der Waals surface area (Å²) in [5.41, 5.74) is 6.56. The number of hydrogen-bond acceptors (Lipinski definition) is 4. The summed E-state index contributed by atoms with van der Waals surface area (Å²) < 4.78 is 10.6. The van der Waals surface area contributed by atoms with E-state index in [1.54, 1.807) is 12.2 Å². The van der Waals surface area contributed by atoms with Gasteiger partial charge in [0.05, 0.1) is 0 Å². The Balaban J connectivity index is 1.64. The van der Waals surface area contributed by atoms with E-state index in [-0.39, 0.29) is 12.7 Å². The summed E-state index contributed by atoms with van der Waals surface area (Å²) in [6, 6.07) is 5.63. The summed E-state index contributed by atoms with van der Waals surface area (Å²) in [6.45, 7) is 2.47. The highest BCUT2D eigenvalue weighted by atomic mass is 16.7. The number of carbonyl (C=O) groups excluding carboxylic acids is 1. The lowest BCUT2D eigenvalue weighted by atomic mass is 10.1. The number of fused-ring (bicyclic) bond motifs is 1. The Kier molecular flexibility index (Phi) is 3.60. The molecule has 1 fully saturated rings. The van der Waals surface area contributed by atoms with Gasteiger partial charge in [-0.3, -0.25) is 4.79 Å². The second-order valence-corrected chi connectivity index (χ2v) is 5.12. The normalized spacial score (nSPS) is 20.9. The molecule has 20 heavy (non-hydrogen) atoms. The summed E-state index contributed by atoms with van der Waals surface area (Å²) in [7, 11) is 0. The van der Waals surface area contributed by atoms with E-state index in [0.29, 0.717) is 12.5 Å². The van der Waals surface area contributed by atoms with Gasteiger partial charge in [-0.15, -0.1) is 0 Å². The first-order chi connectivity index (χ1) is 9.76. The van der Waals surface area contributed by atoms with E-state index in [4.69, 9.17) is 15.2 Å². The molecular formula is C15H18N2O3. The predicted molar refractivity (Wildman–Crippen MR) is 75.3 cm³/mol. The van der Waals surface area contributed by atoms with Gasteiger partial charge in [-0.25, -0.2) is 0 Å². The first-order valence-corrected chi connectivity index (χ1v) is 6.83. The summed E-state index contributed by atoms with van der Waals surface area (Å²) in [5, 5.41) is 0. The topological polar surface area (TPSA) is 64.8 Å². The van der Waals surface area contributed by atoms with E-state index >= 15 is 0 Å². The molecule has 1 aromatic rings. The quantitative estimate of drug-likeness (QED) is 0.842. The third kappa shape index (κ3) is 2.63. The van der Waals surface area contributed by atoms with Crippen molar-refractivity contribution in [2.24, 2.45) is 11.7 Å². The third-order valence-corrected chi connectivity index (χ3v) is 3.75. The molecular weight excluding hydrogens is 256 g/mol. The van der Waals surface area contributed by atoms with Gasteiger partial charge in [0.25, 0.3) is 0 Å². The smallest absolute Gasteiger partial charge is 0.246 e. The molecule has 1 atom stereocenters. The number of amides is 1. The van der Waals surface area contributed by atoms with Crippen LogP contribution in [0.1, 0.15) is 12.0 Å². The first kappa shape index (κ1) is 13.0. The van der Waals surface area contributed by atoms with Crippen molar-refractivity contribution in [3.8, 4) is 11.5 Å². The van der Waals surface area contributed by atoms with Gasteiger partial charge in [-0.05, 0) is 42.7 Å². The number of ether oxygens (including phenoxy) is 2. The van der Waals surface area contributed by atoms with Crippen LogP contribution in [0.4, 0.5) is 0 Å². The van der Waals surface area contributed by atoms with Gasteiger partial charge >= 0.3 is 0 Å². The lowest BCUT2D eigenvalue weighted by Crippen LogP contribution is -2.28. The SMILES string of the molecule is NCC1CCN(C(=O)C=Cc2ccc3c(c2)OCO3)C1. The standard InChI is InChI=1S/C15H18N2O3/c16-8-12-5-6-17(9-12)15(18)4-2-11-1-3-13-14(7-11)20-10-19-13/h1-4,7,12H,5-6,8-10,16H2. The molecule has 0 radical (unpaired) electrons. The van der Waals surface area contributed by atoms with Crippen LogP contribution in [0.25, 0.3) is 6.08 Å². The van der Waals surface area contributed by atoms with Crippen molar-refractivity contribution < 1.29 is 14.3 Å². The van der Waals surface area contributed by atoms with Crippen LogP contribution in [-0.4, -0.2) is 37.2 Å². The van der Waals surface area contributed by atoms with Gasteiger partial charge in [0, 0.05) is 19.2 Å². The molecule has 1 aromatic carbocycles. The van der Waals surface area contributed by atoms with Crippen LogP contribution in [-0.2, 0) is 4.79 Å². The van der Waals surface area contributed by atoms with Crippen LogP contribution < -0.4 is 15.2 Å². The molecule has 0 aromatic heterocycles. The van der Waals surface area contributed by atoms with Gasteiger partial charge in [-0.2, -0.15) is 0 Å². The lowest BCUT2D eigenvalue weighted by Gasteiger charge is -2.13. The molecule has 2 aliphatic heterocycles. The second kappa shape index (κ2) is 5.54. The van der Waals surface area contributed by atoms with Crippen molar-refractivity contribution in [2.75, 3.05) is 26.4 Å². The Bertz CT molecular complexity index is 542. The fourth-order valence-corrected chi connectivity index (χ4v) is 2.51. The molecule has 5 nitrogen and oxygen atoms in total. The summed E-state index contributed by atoms with van der Waals surface area (Å²) in [6.07, 6.45) is 4.41. The zero-order valence-corrected chi connectivity index (χ0v) is 11.2. The number of nitrogens with two attached hydrogens (primary N) is 1. The molecule has 5 heteroatoms. The molecule has 106 valence electrons. The zero-order valence-electron chi connectivity index (χ0n) is 11.2. The van der Waals surface area contributed by atoms with Gasteiger partial charge in [0.1, 0.15) is 0 Å². The molecule has 0 bridgehead atoms. The lowest BCUT2D eigenvalue weighted by molar-refractivity contribution is -0.125. The fourth-order valence-electron chi connectivity index (χ4n) is 2.51. The minimum absolute atomic E-state index is 0.0404. The van der Waals surface area contributed by atoms with Gasteiger partial charge in [0.15, 0.2) is 11.5 Å². The van der Waals surface area contributed by atoms with Crippen molar-refractivity contribution in [2.45, 2.75) is 6.42 Å². The van der Waals surface area contributed by atoms with Crippen molar-refractivity contribution >= 4 is 12.0 Å². The number of carbonyl (C=O) groups is 1. The third-order valence-electron chi connectivity index (χ3n) is 3.75. The van der Waals surface area contributed by atoms with Gasteiger partial charge < -0.3 is 20.1 Å². The van der Waals surface area contributed by atoms with E-state index in [9.17, 15) is 4.79 Å². The van der Waals surface area contributed by atoms with Crippen LogP contribution in [0.15, 0.2) is 24.3 Å². The van der Waals surface area contributed by atoms with Crippen molar-refractivity contribution in [1.82, 2.24) is 4.90 Å². The molecule has 1 saturated heterocycles. The Morgan fingerprint density at radius 1 is 1.40 bits per heavy atom.